The summed E-state index contributed by atoms with van der Waals surface area (Å²) in [6.45, 7) is 8.93. The van der Waals surface area contributed by atoms with E-state index in [0.717, 1.165) is 25.3 Å². The van der Waals surface area contributed by atoms with Crippen molar-refractivity contribution < 1.29 is 9.53 Å². The third kappa shape index (κ3) is 4.87. The minimum absolute atomic E-state index is 0.0838. The Kier molecular flexibility index (Phi) is 5.18. The first-order valence-electron chi connectivity index (χ1n) is 8.54. The lowest BCUT2D eigenvalue weighted by molar-refractivity contribution is 0.0374. The fourth-order valence-electron chi connectivity index (χ4n) is 3.42. The summed E-state index contributed by atoms with van der Waals surface area (Å²) in [4.78, 5) is 12.0. The molecule has 0 radical (unpaired) electrons. The lowest BCUT2D eigenvalue weighted by Crippen LogP contribution is -2.61. The number of rotatable bonds is 4. The highest BCUT2D eigenvalue weighted by atomic mass is 16.6. The molecule has 0 aliphatic heterocycles. The SMILES string of the molecule is CC1CCCCC1NCC1(NC(=O)OC(C)(C)C)CCC1. The second-order valence-corrected chi connectivity index (χ2v) is 8.01. The molecule has 2 aliphatic carbocycles. The fourth-order valence-corrected chi connectivity index (χ4v) is 3.42. The summed E-state index contributed by atoms with van der Waals surface area (Å²) in [5, 5.41) is 6.83. The zero-order chi connectivity index (χ0) is 15.5. The Balaban J connectivity index is 1.82. The van der Waals surface area contributed by atoms with E-state index in [4.69, 9.17) is 4.74 Å². The molecule has 2 aliphatic rings. The average molecular weight is 296 g/mol. The number of carbonyl (C=O) groups excluding carboxylic acids is 1. The normalized spacial score (nSPS) is 28.6. The first-order chi connectivity index (χ1) is 9.80. The number of alkyl carbamates (subject to hydrolysis) is 1. The van der Waals surface area contributed by atoms with Gasteiger partial charge in [-0.3, -0.25) is 0 Å². The van der Waals surface area contributed by atoms with E-state index in [9.17, 15) is 4.79 Å². The van der Waals surface area contributed by atoms with E-state index in [1.54, 1.807) is 0 Å². The maximum absolute atomic E-state index is 12.0. The number of hydrogen-bond acceptors (Lipinski definition) is 3. The molecule has 2 N–H and O–H groups in total. The van der Waals surface area contributed by atoms with Gasteiger partial charge in [0.15, 0.2) is 0 Å². The Bertz CT molecular complexity index is 358. The number of carbonyl (C=O) groups is 1. The van der Waals surface area contributed by atoms with Crippen LogP contribution < -0.4 is 10.6 Å². The smallest absolute Gasteiger partial charge is 0.408 e. The van der Waals surface area contributed by atoms with E-state index in [2.05, 4.69) is 17.6 Å². The topological polar surface area (TPSA) is 50.4 Å². The molecule has 1 amide bonds. The van der Waals surface area contributed by atoms with Crippen LogP contribution in [0.15, 0.2) is 0 Å². The minimum Gasteiger partial charge on any atom is -0.444 e. The second-order valence-electron chi connectivity index (χ2n) is 8.01. The molecule has 0 bridgehead atoms. The maximum Gasteiger partial charge on any atom is 0.408 e. The summed E-state index contributed by atoms with van der Waals surface area (Å²) in [6, 6.07) is 0.608. The Hall–Kier alpha value is -0.770. The third-order valence-electron chi connectivity index (χ3n) is 4.89. The molecule has 2 saturated carbocycles. The third-order valence-corrected chi connectivity index (χ3v) is 4.89. The van der Waals surface area contributed by atoms with Crippen molar-refractivity contribution in [2.24, 2.45) is 5.92 Å². The lowest BCUT2D eigenvalue weighted by Gasteiger charge is -2.44. The van der Waals surface area contributed by atoms with Gasteiger partial charge in [0.1, 0.15) is 5.60 Å². The van der Waals surface area contributed by atoms with Crippen molar-refractivity contribution in [1.82, 2.24) is 10.6 Å². The van der Waals surface area contributed by atoms with Gasteiger partial charge in [-0.15, -0.1) is 0 Å². The van der Waals surface area contributed by atoms with Crippen molar-refractivity contribution in [2.45, 2.75) is 89.8 Å². The highest BCUT2D eigenvalue weighted by Gasteiger charge is 2.40. The van der Waals surface area contributed by atoms with Crippen molar-refractivity contribution in [2.75, 3.05) is 6.54 Å². The van der Waals surface area contributed by atoms with Gasteiger partial charge in [-0.1, -0.05) is 19.8 Å². The largest absolute Gasteiger partial charge is 0.444 e. The van der Waals surface area contributed by atoms with E-state index < -0.39 is 5.60 Å². The molecule has 0 aromatic rings. The van der Waals surface area contributed by atoms with Gasteiger partial charge in [-0.25, -0.2) is 4.79 Å². The Labute approximate surface area is 129 Å². The van der Waals surface area contributed by atoms with Crippen LogP contribution in [0.25, 0.3) is 0 Å². The zero-order valence-corrected chi connectivity index (χ0v) is 14.1. The molecule has 2 unspecified atom stereocenters. The molecular formula is C17H32N2O2. The molecule has 4 nitrogen and oxygen atoms in total. The number of hydrogen-bond donors (Lipinski definition) is 2. The molecular weight excluding hydrogens is 264 g/mol. The van der Waals surface area contributed by atoms with Gasteiger partial charge in [0.2, 0.25) is 0 Å². The lowest BCUT2D eigenvalue weighted by atomic mass is 9.76. The first-order valence-corrected chi connectivity index (χ1v) is 8.54. The van der Waals surface area contributed by atoms with Gasteiger partial charge in [0, 0.05) is 12.6 Å². The van der Waals surface area contributed by atoms with Crippen LogP contribution >= 0.6 is 0 Å². The molecule has 2 fully saturated rings. The van der Waals surface area contributed by atoms with Gasteiger partial charge in [0.25, 0.3) is 0 Å². The van der Waals surface area contributed by atoms with E-state index >= 15 is 0 Å². The standard InChI is InChI=1S/C17H32N2O2/c1-13-8-5-6-9-14(13)18-12-17(10-7-11-17)19-15(20)21-16(2,3)4/h13-14,18H,5-12H2,1-4H3,(H,19,20). The number of nitrogens with one attached hydrogen (secondary N) is 2. The predicted molar refractivity (Wildman–Crippen MR) is 85.4 cm³/mol. The number of ether oxygens (including phenoxy) is 1. The summed E-state index contributed by atoms with van der Waals surface area (Å²) >= 11 is 0. The fraction of sp³-hybridized carbons (Fsp3) is 0.941. The van der Waals surface area contributed by atoms with Crippen molar-refractivity contribution >= 4 is 6.09 Å². The predicted octanol–water partition coefficient (Wildman–Crippen LogP) is 3.60. The van der Waals surface area contributed by atoms with Crippen LogP contribution in [0.4, 0.5) is 4.79 Å². The van der Waals surface area contributed by atoms with E-state index in [1.807, 2.05) is 20.8 Å². The molecule has 0 heterocycles. The molecule has 0 saturated heterocycles. The van der Waals surface area contributed by atoms with Gasteiger partial charge in [0.05, 0.1) is 5.54 Å². The van der Waals surface area contributed by atoms with Crippen LogP contribution in [0.1, 0.15) is 72.6 Å². The summed E-state index contributed by atoms with van der Waals surface area (Å²) in [6.07, 6.45) is 8.31. The summed E-state index contributed by atoms with van der Waals surface area (Å²) in [5.41, 5.74) is -0.514. The summed E-state index contributed by atoms with van der Waals surface area (Å²) < 4.78 is 5.40. The molecule has 0 aromatic carbocycles. The number of amides is 1. The minimum atomic E-state index is -0.430. The quantitative estimate of drug-likeness (QED) is 0.833. The van der Waals surface area contributed by atoms with Gasteiger partial charge in [-0.05, 0) is 58.8 Å². The first kappa shape index (κ1) is 16.6. The summed E-state index contributed by atoms with van der Waals surface area (Å²) in [5.74, 6) is 0.748. The van der Waals surface area contributed by atoms with E-state index in [0.29, 0.717) is 6.04 Å². The van der Waals surface area contributed by atoms with Crippen molar-refractivity contribution in [1.29, 1.82) is 0 Å². The monoisotopic (exact) mass is 296 g/mol. The molecule has 2 atom stereocenters. The summed E-state index contributed by atoms with van der Waals surface area (Å²) in [7, 11) is 0. The molecule has 21 heavy (non-hydrogen) atoms. The molecule has 0 aromatic heterocycles. The van der Waals surface area contributed by atoms with Crippen LogP contribution in [0.5, 0.6) is 0 Å². The molecule has 2 rings (SSSR count). The molecule has 0 spiro atoms. The van der Waals surface area contributed by atoms with E-state index in [1.165, 1.54) is 32.1 Å². The van der Waals surface area contributed by atoms with Gasteiger partial charge >= 0.3 is 6.09 Å². The Morgan fingerprint density at radius 1 is 1.19 bits per heavy atom. The van der Waals surface area contributed by atoms with Crippen molar-refractivity contribution in [3.05, 3.63) is 0 Å². The van der Waals surface area contributed by atoms with Crippen LogP contribution in [0.2, 0.25) is 0 Å². The molecule has 122 valence electrons. The van der Waals surface area contributed by atoms with Crippen LogP contribution in [-0.2, 0) is 4.74 Å². The van der Waals surface area contributed by atoms with Crippen LogP contribution in [0.3, 0.4) is 0 Å². The second kappa shape index (κ2) is 6.55. The van der Waals surface area contributed by atoms with Crippen molar-refractivity contribution in [3.8, 4) is 0 Å². The van der Waals surface area contributed by atoms with Crippen molar-refractivity contribution in [3.63, 3.8) is 0 Å². The van der Waals surface area contributed by atoms with Crippen LogP contribution in [0, 0.1) is 5.92 Å². The molecule has 4 heteroatoms. The Morgan fingerprint density at radius 2 is 1.86 bits per heavy atom. The van der Waals surface area contributed by atoms with Gasteiger partial charge < -0.3 is 15.4 Å². The van der Waals surface area contributed by atoms with Gasteiger partial charge in [-0.2, -0.15) is 0 Å². The average Bonchev–Trinajstić information content (AvgIpc) is 2.32. The maximum atomic E-state index is 12.0. The zero-order valence-electron chi connectivity index (χ0n) is 14.1. The highest BCUT2D eigenvalue weighted by Crippen LogP contribution is 2.32. The Morgan fingerprint density at radius 3 is 2.38 bits per heavy atom. The highest BCUT2D eigenvalue weighted by molar-refractivity contribution is 5.69. The van der Waals surface area contributed by atoms with Crippen LogP contribution in [-0.4, -0.2) is 29.8 Å². The van der Waals surface area contributed by atoms with E-state index in [-0.39, 0.29) is 11.6 Å².